The fourth-order valence-electron chi connectivity index (χ4n) is 3.83. The first-order valence-corrected chi connectivity index (χ1v) is 11.2. The van der Waals surface area contributed by atoms with E-state index >= 15 is 0 Å². The van der Waals surface area contributed by atoms with E-state index in [1.165, 1.54) is 29.2 Å². The molecule has 0 radical (unpaired) electrons. The molecule has 0 unspecified atom stereocenters. The Kier molecular flexibility index (Phi) is 5.69. The van der Waals surface area contributed by atoms with E-state index in [0.29, 0.717) is 22.5 Å². The monoisotopic (exact) mass is 502 g/mol. The second-order valence-corrected chi connectivity index (χ2v) is 8.65. The molecule has 1 N–H and O–H groups in total. The lowest BCUT2D eigenvalue weighted by Gasteiger charge is -2.10. The van der Waals surface area contributed by atoms with Gasteiger partial charge in [-0.05, 0) is 56.2 Å². The second kappa shape index (κ2) is 8.86. The molecule has 11 nitrogen and oxygen atoms in total. The summed E-state index contributed by atoms with van der Waals surface area (Å²) < 4.78 is 3.15. The fourth-order valence-corrected chi connectivity index (χ4v) is 4.00. The van der Waals surface area contributed by atoms with E-state index in [9.17, 15) is 14.9 Å². The van der Waals surface area contributed by atoms with Crippen LogP contribution >= 0.6 is 11.6 Å². The van der Waals surface area contributed by atoms with Crippen LogP contribution in [0, 0.1) is 30.9 Å². The van der Waals surface area contributed by atoms with Crippen molar-refractivity contribution in [2.45, 2.75) is 20.8 Å². The molecule has 36 heavy (non-hydrogen) atoms. The summed E-state index contributed by atoms with van der Waals surface area (Å²) in [5.41, 5.74) is 3.74. The van der Waals surface area contributed by atoms with Gasteiger partial charge in [0.05, 0.1) is 27.9 Å². The quantitative estimate of drug-likeness (QED) is 0.271. The molecule has 180 valence electrons. The van der Waals surface area contributed by atoms with Crippen LogP contribution < -0.4 is 5.32 Å². The van der Waals surface area contributed by atoms with E-state index in [1.807, 2.05) is 32.0 Å². The Hall–Kier alpha value is -4.64. The van der Waals surface area contributed by atoms with Gasteiger partial charge >= 0.3 is 0 Å². The normalized spacial score (nSPS) is 11.1. The topological polar surface area (TPSA) is 134 Å². The molecular weight excluding hydrogens is 484 g/mol. The fraction of sp³-hybridized carbons (Fsp3) is 0.125. The lowest BCUT2D eigenvalue weighted by atomic mass is 10.1. The minimum Gasteiger partial charge on any atom is -0.306 e. The molecule has 2 aromatic carbocycles. The molecule has 5 rings (SSSR count). The van der Waals surface area contributed by atoms with Gasteiger partial charge in [0, 0.05) is 17.2 Å². The third kappa shape index (κ3) is 4.05. The molecule has 3 heterocycles. The summed E-state index contributed by atoms with van der Waals surface area (Å²) in [7, 11) is 0. The van der Waals surface area contributed by atoms with Crippen molar-refractivity contribution >= 4 is 40.0 Å². The molecule has 12 heteroatoms. The first kappa shape index (κ1) is 23.1. The van der Waals surface area contributed by atoms with Gasteiger partial charge in [-0.1, -0.05) is 17.7 Å². The molecule has 0 aliphatic heterocycles. The summed E-state index contributed by atoms with van der Waals surface area (Å²) in [4.78, 5) is 32.6. The Morgan fingerprint density at radius 3 is 2.58 bits per heavy atom. The van der Waals surface area contributed by atoms with Crippen LogP contribution in [0.2, 0.25) is 5.02 Å². The summed E-state index contributed by atoms with van der Waals surface area (Å²) in [6.07, 6.45) is 3.02. The van der Waals surface area contributed by atoms with E-state index in [2.05, 4.69) is 25.5 Å². The number of aromatic nitrogens is 6. The summed E-state index contributed by atoms with van der Waals surface area (Å²) >= 11 is 5.99. The molecule has 0 spiro atoms. The zero-order valence-corrected chi connectivity index (χ0v) is 20.2. The summed E-state index contributed by atoms with van der Waals surface area (Å²) in [6, 6.07) is 11.4. The lowest BCUT2D eigenvalue weighted by Crippen LogP contribution is -2.17. The SMILES string of the molecule is Cc1cc(NC(=O)c2cc(Cl)ccc2[N+](=O)[O-])n(-c2ncnc3c2cnn3-c2ccc(C)c(C)c2)n1. The summed E-state index contributed by atoms with van der Waals surface area (Å²) in [5.74, 6) is -0.0498. The first-order chi connectivity index (χ1) is 17.2. The van der Waals surface area contributed by atoms with E-state index in [0.717, 1.165) is 16.8 Å². The molecular formula is C24H19ClN8O3. The van der Waals surface area contributed by atoms with Crippen molar-refractivity contribution in [1.82, 2.24) is 29.5 Å². The van der Waals surface area contributed by atoms with E-state index < -0.39 is 10.8 Å². The first-order valence-electron chi connectivity index (χ1n) is 10.8. The number of rotatable bonds is 5. The number of nitro groups is 1. The van der Waals surface area contributed by atoms with Crippen LogP contribution in [0.15, 0.2) is 55.0 Å². The number of nitrogens with one attached hydrogen (secondary N) is 1. The van der Waals surface area contributed by atoms with Crippen LogP contribution in [-0.2, 0) is 0 Å². The number of carbonyl (C=O) groups excluding carboxylic acids is 1. The molecule has 0 aliphatic carbocycles. The highest BCUT2D eigenvalue weighted by molar-refractivity contribution is 6.31. The molecule has 0 atom stereocenters. The predicted octanol–water partition coefficient (Wildman–Crippen LogP) is 4.74. The molecule has 0 aliphatic rings. The summed E-state index contributed by atoms with van der Waals surface area (Å²) in [6.45, 7) is 5.82. The lowest BCUT2D eigenvalue weighted by molar-refractivity contribution is -0.385. The average Bonchev–Trinajstić information content (AvgIpc) is 3.43. The van der Waals surface area contributed by atoms with Gasteiger partial charge in [-0.25, -0.2) is 14.6 Å². The van der Waals surface area contributed by atoms with Gasteiger partial charge in [-0.3, -0.25) is 14.9 Å². The van der Waals surface area contributed by atoms with Crippen molar-refractivity contribution in [1.29, 1.82) is 0 Å². The zero-order valence-electron chi connectivity index (χ0n) is 19.4. The number of nitrogens with zero attached hydrogens (tertiary/aromatic N) is 7. The minimum absolute atomic E-state index is 0.173. The number of hydrogen-bond acceptors (Lipinski definition) is 7. The van der Waals surface area contributed by atoms with E-state index in [-0.39, 0.29) is 22.1 Å². The van der Waals surface area contributed by atoms with Gasteiger partial charge in [0.2, 0.25) is 0 Å². The number of hydrogen-bond donors (Lipinski definition) is 1. The average molecular weight is 503 g/mol. The van der Waals surface area contributed by atoms with Gasteiger partial charge in [-0.15, -0.1) is 0 Å². The van der Waals surface area contributed by atoms with Crippen LogP contribution in [0.25, 0.3) is 22.5 Å². The van der Waals surface area contributed by atoms with Gasteiger partial charge in [0.25, 0.3) is 11.6 Å². The maximum Gasteiger partial charge on any atom is 0.282 e. The van der Waals surface area contributed by atoms with Crippen molar-refractivity contribution in [3.8, 4) is 11.5 Å². The third-order valence-corrected chi connectivity index (χ3v) is 5.99. The van der Waals surface area contributed by atoms with Crippen LogP contribution in [-0.4, -0.2) is 40.4 Å². The summed E-state index contributed by atoms with van der Waals surface area (Å²) in [5, 5.41) is 23.9. The van der Waals surface area contributed by atoms with Gasteiger partial charge in [0.15, 0.2) is 11.5 Å². The van der Waals surface area contributed by atoms with Crippen LogP contribution in [0.3, 0.4) is 0 Å². The smallest absolute Gasteiger partial charge is 0.282 e. The van der Waals surface area contributed by atoms with Gasteiger partial charge < -0.3 is 5.32 Å². The number of halogens is 1. The number of anilines is 1. The highest BCUT2D eigenvalue weighted by Crippen LogP contribution is 2.27. The molecule has 3 aromatic heterocycles. The number of fused-ring (bicyclic) bond motifs is 1. The molecule has 0 saturated heterocycles. The Labute approximate surface area is 209 Å². The van der Waals surface area contributed by atoms with Crippen LogP contribution in [0.1, 0.15) is 27.2 Å². The number of aryl methyl sites for hydroxylation is 3. The highest BCUT2D eigenvalue weighted by Gasteiger charge is 2.23. The predicted molar refractivity (Wildman–Crippen MR) is 134 cm³/mol. The largest absolute Gasteiger partial charge is 0.306 e. The van der Waals surface area contributed by atoms with Crippen LogP contribution in [0.4, 0.5) is 11.5 Å². The minimum atomic E-state index is -0.707. The molecule has 0 fully saturated rings. The van der Waals surface area contributed by atoms with Crippen molar-refractivity contribution in [2.75, 3.05) is 5.32 Å². The van der Waals surface area contributed by atoms with Crippen molar-refractivity contribution in [2.24, 2.45) is 0 Å². The number of benzene rings is 2. The Morgan fingerprint density at radius 2 is 1.83 bits per heavy atom. The highest BCUT2D eigenvalue weighted by atomic mass is 35.5. The zero-order chi connectivity index (χ0) is 25.6. The van der Waals surface area contributed by atoms with Gasteiger partial charge in [-0.2, -0.15) is 14.9 Å². The van der Waals surface area contributed by atoms with Crippen molar-refractivity contribution in [3.63, 3.8) is 0 Å². The Morgan fingerprint density at radius 1 is 1.03 bits per heavy atom. The maximum atomic E-state index is 13.0. The third-order valence-electron chi connectivity index (χ3n) is 5.75. The van der Waals surface area contributed by atoms with E-state index in [1.54, 1.807) is 23.9 Å². The Balaban J connectivity index is 1.57. The molecule has 5 aromatic rings. The molecule has 0 saturated carbocycles. The van der Waals surface area contributed by atoms with Crippen molar-refractivity contribution < 1.29 is 9.72 Å². The van der Waals surface area contributed by atoms with Crippen LogP contribution in [0.5, 0.6) is 0 Å². The maximum absolute atomic E-state index is 13.0. The number of amides is 1. The molecule has 1 amide bonds. The molecule has 0 bridgehead atoms. The number of nitro benzene ring substituents is 1. The standard InChI is InChI=1S/C24H19ClN8O3/c1-13-4-6-17(8-14(13)2)31-22-19(11-28-31)23(27-12-26-22)32-21(9-15(3)30-32)29-24(34)18-10-16(25)5-7-20(18)33(35)36/h4-12H,1-3H3,(H,29,34). The van der Waals surface area contributed by atoms with E-state index in [4.69, 9.17) is 11.6 Å². The second-order valence-electron chi connectivity index (χ2n) is 8.21. The van der Waals surface area contributed by atoms with Crippen molar-refractivity contribution in [3.05, 3.63) is 92.5 Å². The van der Waals surface area contributed by atoms with Gasteiger partial charge in [0.1, 0.15) is 17.7 Å². The Bertz CT molecular complexity index is 1670. The number of carbonyl (C=O) groups is 1.